The average Bonchev–Trinajstić information content (AvgIpc) is 2.93. The van der Waals surface area contributed by atoms with E-state index < -0.39 is 39.9 Å². The topological polar surface area (TPSA) is 165 Å². The maximum Gasteiger partial charge on any atom is 0.347 e. The number of carbonyl (C=O) groups is 3. The largest absolute Gasteiger partial charge is 0.463 e. The molecule has 3 rings (SSSR count). The van der Waals surface area contributed by atoms with Gasteiger partial charge < -0.3 is 19.1 Å². The van der Waals surface area contributed by atoms with Crippen LogP contribution >= 0.6 is 0 Å². The number of piperidine rings is 1. The Hall–Kier alpha value is -4.18. The van der Waals surface area contributed by atoms with Crippen LogP contribution in [0.5, 0.6) is 5.88 Å². The van der Waals surface area contributed by atoms with Crippen molar-refractivity contribution in [1.82, 2.24) is 9.71 Å². The molecular formula is C27H32N4O8S. The predicted octanol–water partition coefficient (Wildman–Crippen LogP) is 2.32. The fraction of sp³-hybridized carbons (Fsp3) is 0.444. The maximum atomic E-state index is 12.8. The van der Waals surface area contributed by atoms with Crippen molar-refractivity contribution < 1.29 is 37.0 Å². The van der Waals surface area contributed by atoms with Crippen molar-refractivity contribution in [3.63, 3.8) is 0 Å². The number of hydrogen-bond donors (Lipinski definition) is 1. The first-order valence-corrected chi connectivity index (χ1v) is 14.5. The summed E-state index contributed by atoms with van der Waals surface area (Å²) in [5.41, 5.74) is 0.526. The van der Waals surface area contributed by atoms with E-state index in [0.29, 0.717) is 18.4 Å². The van der Waals surface area contributed by atoms with E-state index in [1.165, 1.54) is 13.0 Å². The molecule has 0 radical (unpaired) electrons. The Balaban J connectivity index is 1.76. The summed E-state index contributed by atoms with van der Waals surface area (Å²) in [5, 5.41) is 9.79. The van der Waals surface area contributed by atoms with Gasteiger partial charge in [0.25, 0.3) is 0 Å². The van der Waals surface area contributed by atoms with Crippen molar-refractivity contribution in [3.8, 4) is 11.9 Å². The van der Waals surface area contributed by atoms with Gasteiger partial charge in [-0.2, -0.15) is 10.2 Å². The molecule has 1 aliphatic rings. The van der Waals surface area contributed by atoms with Crippen LogP contribution in [-0.2, 0) is 34.8 Å². The Morgan fingerprint density at radius 3 is 2.38 bits per heavy atom. The molecule has 2 heterocycles. The first kappa shape index (κ1) is 30.4. The number of nitrogens with zero attached hydrogens (tertiary/aromatic N) is 3. The Kier molecular flexibility index (Phi) is 10.4. The molecule has 1 N–H and O–H groups in total. The predicted molar refractivity (Wildman–Crippen MR) is 144 cm³/mol. The van der Waals surface area contributed by atoms with Crippen LogP contribution in [0.3, 0.4) is 0 Å². The molecule has 0 aliphatic carbocycles. The number of amides is 1. The molecule has 214 valence electrons. The normalized spacial score (nSPS) is 14.5. The number of carbonyl (C=O) groups excluding carboxylic acids is 3. The van der Waals surface area contributed by atoms with Crippen LogP contribution in [0.15, 0.2) is 36.4 Å². The lowest BCUT2D eigenvalue weighted by Crippen LogP contribution is -2.43. The summed E-state index contributed by atoms with van der Waals surface area (Å²) in [4.78, 5) is 43.6. The minimum atomic E-state index is -3.87. The summed E-state index contributed by atoms with van der Waals surface area (Å²) in [6.07, 6.45) is -0.489. The van der Waals surface area contributed by atoms with Gasteiger partial charge in [-0.05, 0) is 45.2 Å². The Morgan fingerprint density at radius 1 is 1.12 bits per heavy atom. The summed E-state index contributed by atoms with van der Waals surface area (Å²) in [6.45, 7) is 5.50. The molecule has 1 saturated heterocycles. The maximum absolute atomic E-state index is 12.8. The van der Waals surface area contributed by atoms with Gasteiger partial charge >= 0.3 is 11.9 Å². The van der Waals surface area contributed by atoms with Crippen LogP contribution in [0.2, 0.25) is 0 Å². The molecule has 1 aromatic heterocycles. The summed E-state index contributed by atoms with van der Waals surface area (Å²) in [6, 6.07) is 11.9. The van der Waals surface area contributed by atoms with Crippen molar-refractivity contribution in [1.29, 1.82) is 5.26 Å². The average molecular weight is 573 g/mol. The van der Waals surface area contributed by atoms with Gasteiger partial charge in [0.05, 0.1) is 24.5 Å². The highest BCUT2D eigenvalue weighted by molar-refractivity contribution is 7.89. The number of anilines is 1. The molecule has 13 heteroatoms. The number of hydrogen-bond acceptors (Lipinski definition) is 11. The lowest BCUT2D eigenvalue weighted by atomic mass is 9.96. The molecule has 1 atom stereocenters. The van der Waals surface area contributed by atoms with E-state index >= 15 is 0 Å². The van der Waals surface area contributed by atoms with E-state index in [9.17, 15) is 28.1 Å². The van der Waals surface area contributed by atoms with Gasteiger partial charge in [-0.1, -0.05) is 30.3 Å². The lowest BCUT2D eigenvalue weighted by molar-refractivity contribution is -0.150. The molecular weight excluding hydrogens is 540 g/mol. The fourth-order valence-corrected chi connectivity index (χ4v) is 5.33. The fourth-order valence-electron chi connectivity index (χ4n) is 4.15. The Morgan fingerprint density at radius 2 is 1.77 bits per heavy atom. The van der Waals surface area contributed by atoms with Gasteiger partial charge in [0.1, 0.15) is 11.6 Å². The minimum Gasteiger partial charge on any atom is -0.463 e. The second-order valence-corrected chi connectivity index (χ2v) is 10.8. The van der Waals surface area contributed by atoms with Gasteiger partial charge in [-0.25, -0.2) is 18.0 Å². The molecule has 12 nitrogen and oxygen atoms in total. The molecule has 1 fully saturated rings. The summed E-state index contributed by atoms with van der Waals surface area (Å²) >= 11 is 0. The number of sulfonamides is 1. The number of ether oxygens (including phenoxy) is 3. The van der Waals surface area contributed by atoms with Crippen LogP contribution in [0.25, 0.3) is 0 Å². The Bertz CT molecular complexity index is 1370. The summed E-state index contributed by atoms with van der Waals surface area (Å²) in [7, 11) is -3.87. The van der Waals surface area contributed by atoms with Crippen LogP contribution < -0.4 is 14.4 Å². The van der Waals surface area contributed by atoms with Crippen LogP contribution in [0, 0.1) is 17.2 Å². The van der Waals surface area contributed by atoms with Crippen molar-refractivity contribution in [2.45, 2.75) is 45.5 Å². The number of nitrogens with one attached hydrogen (secondary N) is 1. The van der Waals surface area contributed by atoms with E-state index in [2.05, 4.69) is 9.71 Å². The van der Waals surface area contributed by atoms with Crippen LogP contribution in [0.1, 0.15) is 55.1 Å². The van der Waals surface area contributed by atoms with Crippen LogP contribution in [0.4, 0.5) is 5.82 Å². The monoisotopic (exact) mass is 572 g/mol. The van der Waals surface area contributed by atoms with Crippen molar-refractivity contribution >= 4 is 33.7 Å². The smallest absolute Gasteiger partial charge is 0.347 e. The highest BCUT2D eigenvalue weighted by atomic mass is 32.2. The Labute approximate surface area is 233 Å². The van der Waals surface area contributed by atoms with Crippen LogP contribution in [-0.4, -0.2) is 63.7 Å². The zero-order valence-electron chi connectivity index (χ0n) is 22.6. The van der Waals surface area contributed by atoms with Crippen molar-refractivity contribution in [3.05, 3.63) is 53.1 Å². The lowest BCUT2D eigenvalue weighted by Gasteiger charge is -2.33. The number of benzene rings is 1. The number of aromatic nitrogens is 1. The van der Waals surface area contributed by atoms with E-state index in [1.54, 1.807) is 49.1 Å². The van der Waals surface area contributed by atoms with E-state index in [1.807, 2.05) is 6.07 Å². The second-order valence-electron chi connectivity index (χ2n) is 9.03. The standard InChI is InChI=1S/C27H32N4O8S/c1-4-37-26(33)18(3)39-25-22(27(34)38-5-2)15-21(16-28)23(29-25)31-13-11-20(12-14-31)24(32)30-40(35,36)17-19-9-7-6-8-10-19/h6-10,15,18,20H,4-5,11-14,17H2,1-3H3,(H,30,32)/t18-/m0/s1. The van der Waals surface area contributed by atoms with Crippen molar-refractivity contribution in [2.75, 3.05) is 31.2 Å². The first-order chi connectivity index (χ1) is 19.1. The van der Waals surface area contributed by atoms with Gasteiger partial charge in [0, 0.05) is 19.0 Å². The molecule has 1 aliphatic heterocycles. The first-order valence-electron chi connectivity index (χ1n) is 12.9. The number of nitriles is 1. The quantitative estimate of drug-likeness (QED) is 0.393. The van der Waals surface area contributed by atoms with Gasteiger partial charge in [0.15, 0.2) is 11.9 Å². The number of rotatable bonds is 11. The third-order valence-corrected chi connectivity index (χ3v) is 7.34. The van der Waals surface area contributed by atoms with E-state index in [0.717, 1.165) is 0 Å². The number of esters is 2. The van der Waals surface area contributed by atoms with Gasteiger partial charge in [-0.3, -0.25) is 9.52 Å². The molecule has 0 spiro atoms. The molecule has 0 bridgehead atoms. The van der Waals surface area contributed by atoms with E-state index in [-0.39, 0.29) is 54.9 Å². The molecule has 1 amide bonds. The molecule has 40 heavy (non-hydrogen) atoms. The zero-order valence-corrected chi connectivity index (χ0v) is 23.4. The highest BCUT2D eigenvalue weighted by Gasteiger charge is 2.31. The van der Waals surface area contributed by atoms with Gasteiger partial charge in [0.2, 0.25) is 21.8 Å². The third-order valence-electron chi connectivity index (χ3n) is 6.11. The summed E-state index contributed by atoms with van der Waals surface area (Å²) in [5.74, 6) is -2.87. The molecule has 2 aromatic rings. The zero-order chi connectivity index (χ0) is 29.3. The highest BCUT2D eigenvalue weighted by Crippen LogP contribution is 2.30. The van der Waals surface area contributed by atoms with Gasteiger partial charge in [-0.15, -0.1) is 0 Å². The third kappa shape index (κ3) is 7.92. The molecule has 0 saturated carbocycles. The summed E-state index contributed by atoms with van der Waals surface area (Å²) < 4.78 is 42.9. The van der Waals surface area contributed by atoms with E-state index in [4.69, 9.17) is 14.2 Å². The molecule has 1 aromatic carbocycles. The minimum absolute atomic E-state index is 0.0754. The SMILES string of the molecule is CCOC(=O)c1cc(C#N)c(N2CCC(C(=O)NS(=O)(=O)Cc3ccccc3)CC2)nc1O[C@@H](C)C(=O)OCC. The molecule has 0 unspecified atom stereocenters. The van der Waals surface area contributed by atoms with Crippen molar-refractivity contribution in [2.24, 2.45) is 5.92 Å². The second kappa shape index (κ2) is 13.7. The number of pyridine rings is 1.